The van der Waals surface area contributed by atoms with Crippen molar-refractivity contribution in [3.63, 3.8) is 0 Å². The minimum absolute atomic E-state index is 0.253. The average Bonchev–Trinajstić information content (AvgIpc) is 2.76. The molecule has 4 N–H and O–H groups in total. The van der Waals surface area contributed by atoms with E-state index in [1.165, 1.54) is 7.05 Å². The van der Waals surface area contributed by atoms with Gasteiger partial charge < -0.3 is 9.47 Å². The van der Waals surface area contributed by atoms with Gasteiger partial charge >= 0.3 is 6.03 Å². The molecule has 0 aromatic heterocycles. The summed E-state index contributed by atoms with van der Waals surface area (Å²) in [6.07, 6.45) is 0. The zero-order valence-corrected chi connectivity index (χ0v) is 18.3. The molecule has 2 amide bonds. The Morgan fingerprint density at radius 1 is 0.935 bits per heavy atom. The van der Waals surface area contributed by atoms with Crippen LogP contribution in [0.4, 0.5) is 10.5 Å². The molecule has 7 heteroatoms. The third kappa shape index (κ3) is 5.14. The number of hydrogen-bond acceptors (Lipinski definition) is 5. The third-order valence-electron chi connectivity index (χ3n) is 5.01. The number of carbonyl (C=O) groups excluding carboxylic acids is 1. The molecule has 0 aliphatic heterocycles. The van der Waals surface area contributed by atoms with Gasteiger partial charge in [-0.3, -0.25) is 5.01 Å². The van der Waals surface area contributed by atoms with Crippen LogP contribution in [0.15, 0.2) is 60.7 Å². The van der Waals surface area contributed by atoms with E-state index in [9.17, 15) is 4.79 Å². The number of ether oxygens (including phenoxy) is 2. The molecule has 7 nitrogen and oxygen atoms in total. The van der Waals surface area contributed by atoms with Crippen LogP contribution in [0.1, 0.15) is 16.7 Å². The van der Waals surface area contributed by atoms with Gasteiger partial charge in [-0.1, -0.05) is 30.3 Å². The lowest BCUT2D eigenvalue weighted by Crippen LogP contribution is -2.49. The molecule has 0 radical (unpaired) electrons. The summed E-state index contributed by atoms with van der Waals surface area (Å²) in [5.74, 6) is 13.1. The van der Waals surface area contributed by atoms with Crippen LogP contribution >= 0.6 is 0 Å². The van der Waals surface area contributed by atoms with Gasteiger partial charge in [0.25, 0.3) is 0 Å². The second-order valence-corrected chi connectivity index (χ2v) is 7.39. The molecule has 0 atom stereocenters. The highest BCUT2D eigenvalue weighted by Crippen LogP contribution is 2.29. The van der Waals surface area contributed by atoms with E-state index in [2.05, 4.69) is 6.07 Å². The first-order chi connectivity index (χ1) is 14.8. The number of nitrogens with zero attached hydrogens (tertiary/aromatic N) is 2. The predicted molar refractivity (Wildman–Crippen MR) is 123 cm³/mol. The van der Waals surface area contributed by atoms with Crippen molar-refractivity contribution in [2.45, 2.75) is 20.5 Å². The molecule has 0 aliphatic rings. The van der Waals surface area contributed by atoms with Crippen LogP contribution in [0.5, 0.6) is 11.5 Å². The summed E-state index contributed by atoms with van der Waals surface area (Å²) in [6.45, 7) is 4.23. The minimum Gasteiger partial charge on any atom is -0.497 e. The number of hydrogen-bond donors (Lipinski definition) is 2. The van der Waals surface area contributed by atoms with Crippen molar-refractivity contribution in [3.8, 4) is 22.6 Å². The molecule has 0 unspecified atom stereocenters. The molecule has 0 fully saturated rings. The van der Waals surface area contributed by atoms with Crippen molar-refractivity contribution >= 4 is 11.7 Å². The van der Waals surface area contributed by atoms with Crippen LogP contribution in [0.2, 0.25) is 0 Å². The van der Waals surface area contributed by atoms with E-state index in [0.29, 0.717) is 5.69 Å². The summed E-state index contributed by atoms with van der Waals surface area (Å²) < 4.78 is 11.4. The van der Waals surface area contributed by atoms with Crippen molar-refractivity contribution in [3.05, 3.63) is 77.4 Å². The van der Waals surface area contributed by atoms with Crippen LogP contribution in [-0.2, 0) is 6.61 Å². The number of rotatable bonds is 6. The van der Waals surface area contributed by atoms with E-state index in [4.69, 9.17) is 21.2 Å². The maximum absolute atomic E-state index is 12.2. The molecule has 162 valence electrons. The number of nitrogens with two attached hydrogens (primary N) is 2. The number of aryl methyl sites for hydroxylation is 2. The molecule has 0 heterocycles. The van der Waals surface area contributed by atoms with Crippen LogP contribution in [0, 0.1) is 13.8 Å². The zero-order chi connectivity index (χ0) is 22.5. The van der Waals surface area contributed by atoms with E-state index in [0.717, 1.165) is 49.3 Å². The van der Waals surface area contributed by atoms with Gasteiger partial charge in [0.05, 0.1) is 12.8 Å². The number of benzene rings is 3. The Hall–Kier alpha value is -3.55. The molecule has 0 spiro atoms. The number of anilines is 1. The van der Waals surface area contributed by atoms with Gasteiger partial charge in [-0.05, 0) is 66.4 Å². The lowest BCUT2D eigenvalue weighted by atomic mass is 10.0. The topological polar surface area (TPSA) is 94.0 Å². The molecule has 31 heavy (non-hydrogen) atoms. The highest BCUT2D eigenvalue weighted by atomic mass is 16.5. The average molecular weight is 421 g/mol. The van der Waals surface area contributed by atoms with Crippen molar-refractivity contribution in [2.75, 3.05) is 19.2 Å². The second kappa shape index (κ2) is 9.51. The summed E-state index contributed by atoms with van der Waals surface area (Å²) >= 11 is 0. The van der Waals surface area contributed by atoms with Gasteiger partial charge in [-0.2, -0.15) is 0 Å². The van der Waals surface area contributed by atoms with Crippen LogP contribution in [0.25, 0.3) is 11.1 Å². The maximum atomic E-state index is 12.2. The summed E-state index contributed by atoms with van der Waals surface area (Å²) in [5, 5.41) is 1.97. The molecule has 0 aliphatic carbocycles. The monoisotopic (exact) mass is 420 g/mol. The number of amides is 2. The van der Waals surface area contributed by atoms with Gasteiger partial charge in [0.15, 0.2) is 0 Å². The molecule has 0 saturated carbocycles. The Morgan fingerprint density at radius 2 is 1.65 bits per heavy atom. The Labute approximate surface area is 182 Å². The fourth-order valence-electron chi connectivity index (χ4n) is 3.31. The van der Waals surface area contributed by atoms with E-state index < -0.39 is 6.03 Å². The first-order valence-corrected chi connectivity index (χ1v) is 9.84. The number of carbonyl (C=O) groups is 1. The molecule has 3 rings (SSSR count). The highest BCUT2D eigenvalue weighted by molar-refractivity contribution is 5.91. The molecule has 0 bridgehead atoms. The van der Waals surface area contributed by atoms with Crippen molar-refractivity contribution < 1.29 is 14.3 Å². The molecular weight excluding hydrogens is 392 g/mol. The lowest BCUT2D eigenvalue weighted by Gasteiger charge is -2.24. The molecule has 3 aromatic rings. The quantitative estimate of drug-likeness (QED) is 0.355. The number of urea groups is 1. The lowest BCUT2D eigenvalue weighted by molar-refractivity contribution is 0.216. The smallest absolute Gasteiger partial charge is 0.352 e. The van der Waals surface area contributed by atoms with E-state index in [1.54, 1.807) is 13.2 Å². The normalized spacial score (nSPS) is 10.5. The zero-order valence-electron chi connectivity index (χ0n) is 18.3. The summed E-state index contributed by atoms with van der Waals surface area (Å²) in [5.41, 5.74) is 5.51. The van der Waals surface area contributed by atoms with Crippen molar-refractivity contribution in [2.24, 2.45) is 11.7 Å². The van der Waals surface area contributed by atoms with Gasteiger partial charge in [0.1, 0.15) is 18.1 Å². The minimum atomic E-state index is -0.524. The van der Waals surface area contributed by atoms with Gasteiger partial charge in [-0.15, -0.1) is 0 Å². The summed E-state index contributed by atoms with van der Waals surface area (Å²) in [7, 11) is 3.09. The molecular formula is C24H28N4O3. The highest BCUT2D eigenvalue weighted by Gasteiger charge is 2.19. The fraction of sp³-hybridized carbons (Fsp3) is 0.208. The van der Waals surface area contributed by atoms with Gasteiger partial charge in [0, 0.05) is 12.6 Å². The number of methoxy groups -OCH3 is 1. The van der Waals surface area contributed by atoms with Crippen LogP contribution in [0.3, 0.4) is 0 Å². The van der Waals surface area contributed by atoms with Gasteiger partial charge in [-0.25, -0.2) is 21.5 Å². The third-order valence-corrected chi connectivity index (χ3v) is 5.01. The Morgan fingerprint density at radius 3 is 2.29 bits per heavy atom. The second-order valence-electron chi connectivity index (χ2n) is 7.39. The Kier molecular flexibility index (Phi) is 6.79. The Balaban J connectivity index is 1.86. The van der Waals surface area contributed by atoms with Crippen LogP contribution in [-0.4, -0.2) is 25.2 Å². The first kappa shape index (κ1) is 22.1. The number of hydrazine groups is 2. The van der Waals surface area contributed by atoms with E-state index in [1.807, 2.05) is 62.4 Å². The first-order valence-electron chi connectivity index (χ1n) is 9.84. The SMILES string of the molecule is COc1ccc(-c2cc(C)cc(OCc3c(C)cccc3N(N)C(=O)N(C)N)c2)cc1. The van der Waals surface area contributed by atoms with Crippen molar-refractivity contribution in [1.29, 1.82) is 0 Å². The van der Waals surface area contributed by atoms with Crippen LogP contribution < -0.4 is 26.2 Å². The summed E-state index contributed by atoms with van der Waals surface area (Å²) in [6, 6.07) is 19.0. The predicted octanol–water partition coefficient (Wildman–Crippen LogP) is 4.16. The summed E-state index contributed by atoms with van der Waals surface area (Å²) in [4.78, 5) is 12.2. The van der Waals surface area contributed by atoms with E-state index >= 15 is 0 Å². The maximum Gasteiger partial charge on any atom is 0.352 e. The molecule has 0 saturated heterocycles. The fourth-order valence-corrected chi connectivity index (χ4v) is 3.31. The standard InChI is InChI=1S/C24H28N4O3/c1-16-12-19(18-8-10-20(30-4)11-9-18)14-21(13-16)31-15-22-17(2)6-5-7-23(22)28(26)24(29)27(3)25/h5-14H,15,25-26H2,1-4H3. The molecule has 3 aromatic carbocycles. The largest absolute Gasteiger partial charge is 0.497 e. The van der Waals surface area contributed by atoms with Gasteiger partial charge in [0.2, 0.25) is 0 Å². The van der Waals surface area contributed by atoms with E-state index in [-0.39, 0.29) is 6.61 Å². The van der Waals surface area contributed by atoms with Crippen molar-refractivity contribution in [1.82, 2.24) is 5.01 Å². The Bertz CT molecular complexity index is 1060.